The van der Waals surface area contributed by atoms with Gasteiger partial charge in [-0.3, -0.25) is 4.79 Å². The van der Waals surface area contributed by atoms with Gasteiger partial charge in [0.15, 0.2) is 11.5 Å². The number of nitrogens with two attached hydrogens (primary N) is 1. The van der Waals surface area contributed by atoms with Crippen molar-refractivity contribution >= 4 is 5.97 Å². The van der Waals surface area contributed by atoms with Crippen molar-refractivity contribution in [3.05, 3.63) is 82.4 Å². The van der Waals surface area contributed by atoms with Crippen LogP contribution in [0.3, 0.4) is 0 Å². The third kappa shape index (κ3) is 4.27. The van der Waals surface area contributed by atoms with Gasteiger partial charge in [0.25, 0.3) is 0 Å². The average molecular weight is 504 g/mol. The summed E-state index contributed by atoms with van der Waals surface area (Å²) in [4.78, 5) is 13.0. The lowest BCUT2D eigenvalue weighted by atomic mass is 9.63. The minimum atomic E-state index is -0.957. The molecular formula is C30H33NO6. The summed E-state index contributed by atoms with van der Waals surface area (Å²) < 4.78 is 22.8. The summed E-state index contributed by atoms with van der Waals surface area (Å²) in [6.45, 7) is 3.35. The van der Waals surface area contributed by atoms with E-state index in [2.05, 4.69) is 6.92 Å². The Bertz CT molecular complexity index is 1310. The maximum Gasteiger partial charge on any atom is 0.308 e. The molecule has 3 aromatic carbocycles. The number of hydrogen-bond acceptors (Lipinski definition) is 6. The van der Waals surface area contributed by atoms with Crippen LogP contribution in [0, 0.1) is 5.92 Å². The van der Waals surface area contributed by atoms with Crippen LogP contribution < -0.4 is 24.7 Å². The number of rotatable bonds is 10. The molecule has 1 aliphatic heterocycles. The van der Waals surface area contributed by atoms with E-state index in [-0.39, 0.29) is 6.79 Å². The molecule has 0 radical (unpaired) electrons. The van der Waals surface area contributed by atoms with Gasteiger partial charge in [-0.2, -0.15) is 0 Å². The van der Waals surface area contributed by atoms with Crippen molar-refractivity contribution in [3.63, 3.8) is 0 Å². The molecule has 0 saturated heterocycles. The molecule has 0 saturated carbocycles. The number of carboxylic acids is 1. The van der Waals surface area contributed by atoms with E-state index in [1.54, 1.807) is 7.11 Å². The van der Waals surface area contributed by atoms with Gasteiger partial charge in [0.1, 0.15) is 11.5 Å². The highest BCUT2D eigenvalue weighted by Gasteiger charge is 2.54. The quantitative estimate of drug-likeness (QED) is 0.414. The lowest BCUT2D eigenvalue weighted by Gasteiger charge is -2.38. The number of benzene rings is 3. The normalized spacial score (nSPS) is 19.5. The molecule has 0 aromatic heterocycles. The van der Waals surface area contributed by atoms with Crippen LogP contribution >= 0.6 is 0 Å². The molecule has 1 aliphatic carbocycles. The summed E-state index contributed by atoms with van der Waals surface area (Å²) in [7, 11) is 1.64. The number of ether oxygens (including phenoxy) is 4. The van der Waals surface area contributed by atoms with Gasteiger partial charge in [-0.1, -0.05) is 25.1 Å². The number of aryl methyl sites for hydroxylation is 1. The van der Waals surface area contributed by atoms with Crippen molar-refractivity contribution in [1.29, 1.82) is 0 Å². The second-order valence-corrected chi connectivity index (χ2v) is 9.55. The Morgan fingerprint density at radius 1 is 1.05 bits per heavy atom. The molecule has 194 valence electrons. The van der Waals surface area contributed by atoms with Crippen LogP contribution in [0.4, 0.5) is 0 Å². The van der Waals surface area contributed by atoms with Crippen molar-refractivity contribution in [2.75, 3.05) is 27.1 Å². The van der Waals surface area contributed by atoms with Crippen LogP contribution in [0.15, 0.2) is 54.6 Å². The van der Waals surface area contributed by atoms with E-state index in [0.29, 0.717) is 37.5 Å². The molecule has 2 unspecified atom stereocenters. The van der Waals surface area contributed by atoms with Crippen molar-refractivity contribution in [1.82, 2.24) is 0 Å². The Morgan fingerprint density at radius 3 is 2.59 bits per heavy atom. The first kappa shape index (κ1) is 25.0. The first-order chi connectivity index (χ1) is 18.0. The van der Waals surface area contributed by atoms with Gasteiger partial charge in [-0.25, -0.2) is 0 Å². The number of aliphatic carboxylic acids is 1. The Kier molecular flexibility index (Phi) is 6.98. The van der Waals surface area contributed by atoms with E-state index < -0.39 is 17.3 Å². The lowest BCUT2D eigenvalue weighted by Crippen LogP contribution is -2.40. The molecule has 5 rings (SSSR count). The predicted molar refractivity (Wildman–Crippen MR) is 140 cm³/mol. The van der Waals surface area contributed by atoms with E-state index in [9.17, 15) is 9.90 Å². The molecule has 7 nitrogen and oxygen atoms in total. The zero-order valence-corrected chi connectivity index (χ0v) is 21.3. The molecule has 0 amide bonds. The highest BCUT2D eigenvalue weighted by atomic mass is 16.7. The molecule has 2 aliphatic rings. The third-order valence-electron chi connectivity index (χ3n) is 7.43. The monoisotopic (exact) mass is 503 g/mol. The maximum absolute atomic E-state index is 13.0. The number of fused-ring (bicyclic) bond motifs is 2. The summed E-state index contributed by atoms with van der Waals surface area (Å²) in [5.74, 6) is 1.16. The van der Waals surface area contributed by atoms with Gasteiger partial charge in [-0.05, 0) is 96.4 Å². The smallest absolute Gasteiger partial charge is 0.308 e. The van der Waals surface area contributed by atoms with Gasteiger partial charge in [-0.15, -0.1) is 0 Å². The number of carbonyl (C=O) groups is 1. The van der Waals surface area contributed by atoms with Crippen LogP contribution in [0.25, 0.3) is 0 Å². The topological polar surface area (TPSA) is 100 Å². The summed E-state index contributed by atoms with van der Waals surface area (Å²) >= 11 is 0. The highest BCUT2D eigenvalue weighted by Crippen LogP contribution is 2.55. The predicted octanol–water partition coefficient (Wildman–Crippen LogP) is 4.70. The number of carboxylic acid groups (broad SMARTS) is 1. The van der Waals surface area contributed by atoms with Crippen LogP contribution in [-0.2, 0) is 23.1 Å². The van der Waals surface area contributed by atoms with Crippen LogP contribution in [0.2, 0.25) is 0 Å². The Hall–Kier alpha value is -3.71. The molecule has 37 heavy (non-hydrogen) atoms. The van der Waals surface area contributed by atoms with Crippen LogP contribution in [0.1, 0.15) is 47.6 Å². The number of methoxy groups -OCH3 is 1. The minimum Gasteiger partial charge on any atom is -0.497 e. The molecular weight excluding hydrogens is 470 g/mol. The van der Waals surface area contributed by atoms with E-state index in [1.165, 1.54) is 0 Å². The largest absolute Gasteiger partial charge is 0.497 e. The molecule has 0 bridgehead atoms. The molecule has 0 fully saturated rings. The van der Waals surface area contributed by atoms with Crippen LogP contribution in [0.5, 0.6) is 23.0 Å². The second-order valence-electron chi connectivity index (χ2n) is 9.55. The standard InChI is InChI=1S/C30H33NO6/c1-3-13-35-23-8-10-25-20(15-23)16-26(29(32)33)30(25,21-6-11-27-28(17-21)37-18-36-27)24-9-7-22(34-2)14-19(24)5-4-12-31/h6-11,14-15,17,26H,3-5,12-13,16,18,31H2,1-2H3,(H,32,33). The third-order valence-corrected chi connectivity index (χ3v) is 7.43. The first-order valence-corrected chi connectivity index (χ1v) is 12.8. The van der Waals surface area contributed by atoms with E-state index >= 15 is 0 Å². The van der Waals surface area contributed by atoms with E-state index in [1.807, 2.05) is 54.6 Å². The number of hydrogen-bond donors (Lipinski definition) is 2. The Morgan fingerprint density at radius 2 is 1.84 bits per heavy atom. The second kappa shape index (κ2) is 10.3. The molecule has 3 aromatic rings. The van der Waals surface area contributed by atoms with Gasteiger partial charge in [0.2, 0.25) is 6.79 Å². The Balaban J connectivity index is 1.80. The molecule has 1 heterocycles. The van der Waals surface area contributed by atoms with E-state index in [0.717, 1.165) is 52.2 Å². The fourth-order valence-electron chi connectivity index (χ4n) is 5.83. The van der Waals surface area contributed by atoms with Gasteiger partial charge >= 0.3 is 5.97 Å². The molecule has 7 heteroatoms. The summed E-state index contributed by atoms with van der Waals surface area (Å²) in [6, 6.07) is 17.7. The van der Waals surface area contributed by atoms with Gasteiger partial charge in [0, 0.05) is 0 Å². The fourth-order valence-corrected chi connectivity index (χ4v) is 5.83. The van der Waals surface area contributed by atoms with Gasteiger partial charge < -0.3 is 29.8 Å². The molecule has 2 atom stereocenters. The molecule has 0 spiro atoms. The SMILES string of the molecule is CCCOc1ccc2c(c1)CC(C(=O)O)C2(c1ccc2c(c1)OCO2)c1ccc(OC)cc1CCCN. The van der Waals surface area contributed by atoms with Crippen molar-refractivity contribution in [3.8, 4) is 23.0 Å². The van der Waals surface area contributed by atoms with Crippen molar-refractivity contribution < 1.29 is 28.8 Å². The molecule has 3 N–H and O–H groups in total. The summed E-state index contributed by atoms with van der Waals surface area (Å²) in [5.41, 5.74) is 9.68. The minimum absolute atomic E-state index is 0.146. The first-order valence-electron chi connectivity index (χ1n) is 12.8. The zero-order chi connectivity index (χ0) is 26.0. The zero-order valence-electron chi connectivity index (χ0n) is 21.3. The van der Waals surface area contributed by atoms with Crippen molar-refractivity contribution in [2.24, 2.45) is 11.7 Å². The van der Waals surface area contributed by atoms with Crippen molar-refractivity contribution in [2.45, 2.75) is 38.0 Å². The lowest BCUT2D eigenvalue weighted by molar-refractivity contribution is -0.142. The maximum atomic E-state index is 13.0. The summed E-state index contributed by atoms with van der Waals surface area (Å²) in [5, 5.41) is 10.7. The average Bonchev–Trinajstić information content (AvgIpc) is 3.53. The van der Waals surface area contributed by atoms with Crippen LogP contribution in [-0.4, -0.2) is 38.1 Å². The van der Waals surface area contributed by atoms with Gasteiger partial charge in [0.05, 0.1) is 25.0 Å². The highest BCUT2D eigenvalue weighted by molar-refractivity contribution is 5.80. The summed E-state index contributed by atoms with van der Waals surface area (Å²) in [6.07, 6.45) is 2.75. The Labute approximate surface area is 217 Å². The fraction of sp³-hybridized carbons (Fsp3) is 0.367. The van der Waals surface area contributed by atoms with E-state index in [4.69, 9.17) is 24.7 Å².